The molecule has 3 N–H and O–H groups in total. The monoisotopic (exact) mass is 266 g/mol. The van der Waals surface area contributed by atoms with Gasteiger partial charge in [0.2, 0.25) is 0 Å². The van der Waals surface area contributed by atoms with Crippen molar-refractivity contribution in [2.24, 2.45) is 12.8 Å². The number of nitrogens with two attached hydrogens (primary N) is 1. The number of rotatable bonds is 3. The summed E-state index contributed by atoms with van der Waals surface area (Å²) in [6.07, 6.45) is 3.69. The Labute approximate surface area is 108 Å². The number of aromatic nitrogens is 2. The Morgan fingerprint density at radius 2 is 2.29 bits per heavy atom. The van der Waals surface area contributed by atoms with Gasteiger partial charge in [-0.15, -0.1) is 0 Å². The summed E-state index contributed by atoms with van der Waals surface area (Å²) in [6.45, 7) is 0. The fraction of sp³-hybridized carbons (Fsp3) is 0.0909. The number of nitrogens with one attached hydrogen (secondary N) is 1. The summed E-state index contributed by atoms with van der Waals surface area (Å²) in [7, 11) is 1.87. The standard InChI is InChI=1S/C11H11ClN4S/c1-16-6-8(5-15-16)17-10-3-2-7(11(13)14)4-9(10)12/h2-6H,1H3,(H3,13,14). The Bertz CT molecular complexity index is 564. The molecule has 1 aromatic carbocycles. The molecule has 0 saturated heterocycles. The maximum absolute atomic E-state index is 7.33. The summed E-state index contributed by atoms with van der Waals surface area (Å²) in [5.41, 5.74) is 6.02. The molecule has 2 rings (SSSR count). The van der Waals surface area contributed by atoms with E-state index < -0.39 is 0 Å². The van der Waals surface area contributed by atoms with E-state index in [9.17, 15) is 0 Å². The van der Waals surface area contributed by atoms with E-state index in [0.29, 0.717) is 10.6 Å². The first-order valence-electron chi connectivity index (χ1n) is 4.86. The van der Waals surface area contributed by atoms with Gasteiger partial charge in [0.15, 0.2) is 0 Å². The summed E-state index contributed by atoms with van der Waals surface area (Å²) in [5, 5.41) is 12.0. The highest BCUT2D eigenvalue weighted by atomic mass is 35.5. The van der Waals surface area contributed by atoms with Crippen LogP contribution in [-0.4, -0.2) is 15.6 Å². The number of hydrogen-bond donors (Lipinski definition) is 2. The maximum atomic E-state index is 7.33. The molecule has 1 aromatic heterocycles. The third-order valence-corrected chi connectivity index (χ3v) is 3.60. The summed E-state index contributed by atoms with van der Waals surface area (Å²) in [4.78, 5) is 1.94. The van der Waals surface area contributed by atoms with E-state index in [0.717, 1.165) is 9.79 Å². The van der Waals surface area contributed by atoms with Gasteiger partial charge in [0, 0.05) is 23.7 Å². The molecule has 0 unspecified atom stereocenters. The van der Waals surface area contributed by atoms with Crippen LogP contribution in [0.25, 0.3) is 0 Å². The first-order chi connectivity index (χ1) is 8.06. The second-order valence-corrected chi connectivity index (χ2v) is 5.03. The Hall–Kier alpha value is -1.46. The van der Waals surface area contributed by atoms with Gasteiger partial charge >= 0.3 is 0 Å². The Balaban J connectivity index is 2.25. The molecule has 0 aliphatic rings. The van der Waals surface area contributed by atoms with E-state index >= 15 is 0 Å². The lowest BCUT2D eigenvalue weighted by Gasteiger charge is -2.04. The lowest BCUT2D eigenvalue weighted by atomic mass is 10.2. The van der Waals surface area contributed by atoms with E-state index in [-0.39, 0.29) is 5.84 Å². The lowest BCUT2D eigenvalue weighted by Crippen LogP contribution is -2.10. The average molecular weight is 267 g/mol. The van der Waals surface area contributed by atoms with Gasteiger partial charge in [0.05, 0.1) is 16.1 Å². The highest BCUT2D eigenvalue weighted by molar-refractivity contribution is 7.99. The van der Waals surface area contributed by atoms with Crippen molar-refractivity contribution in [2.45, 2.75) is 9.79 Å². The van der Waals surface area contributed by atoms with Crippen LogP contribution in [0.3, 0.4) is 0 Å². The highest BCUT2D eigenvalue weighted by Gasteiger charge is 2.06. The smallest absolute Gasteiger partial charge is 0.122 e. The average Bonchev–Trinajstić information content (AvgIpc) is 2.67. The van der Waals surface area contributed by atoms with Crippen LogP contribution in [0.2, 0.25) is 5.02 Å². The Morgan fingerprint density at radius 3 is 2.82 bits per heavy atom. The van der Waals surface area contributed by atoms with Crippen LogP contribution in [-0.2, 0) is 7.05 Å². The number of amidine groups is 1. The number of halogens is 1. The molecule has 0 bridgehead atoms. The predicted octanol–water partition coefficient (Wildman–Crippen LogP) is 2.51. The number of nitrogen functional groups attached to an aromatic ring is 1. The molecular formula is C11H11ClN4S. The molecular weight excluding hydrogens is 256 g/mol. The molecule has 0 spiro atoms. The molecule has 6 heteroatoms. The largest absolute Gasteiger partial charge is 0.384 e. The predicted molar refractivity (Wildman–Crippen MR) is 69.8 cm³/mol. The second kappa shape index (κ2) is 4.81. The van der Waals surface area contributed by atoms with Crippen LogP contribution in [0.15, 0.2) is 40.4 Å². The third-order valence-electron chi connectivity index (χ3n) is 2.15. The van der Waals surface area contributed by atoms with Crippen molar-refractivity contribution in [3.63, 3.8) is 0 Å². The van der Waals surface area contributed by atoms with Crippen LogP contribution in [0.4, 0.5) is 0 Å². The minimum absolute atomic E-state index is 0.0184. The first-order valence-corrected chi connectivity index (χ1v) is 6.06. The molecule has 0 saturated carbocycles. The molecule has 2 aromatic rings. The fourth-order valence-corrected chi connectivity index (χ4v) is 2.48. The normalized spacial score (nSPS) is 10.5. The van der Waals surface area contributed by atoms with Gasteiger partial charge in [-0.05, 0) is 12.1 Å². The van der Waals surface area contributed by atoms with Crippen LogP contribution in [0.5, 0.6) is 0 Å². The zero-order valence-corrected chi connectivity index (χ0v) is 10.7. The molecule has 0 amide bonds. The minimum atomic E-state index is 0.0184. The Kier molecular flexibility index (Phi) is 3.40. The van der Waals surface area contributed by atoms with Crippen molar-refractivity contribution in [2.75, 3.05) is 0 Å². The molecule has 0 aliphatic carbocycles. The third kappa shape index (κ3) is 2.81. The van der Waals surface area contributed by atoms with Crippen LogP contribution < -0.4 is 5.73 Å². The van der Waals surface area contributed by atoms with E-state index in [1.54, 1.807) is 23.0 Å². The molecule has 0 fully saturated rings. The van der Waals surface area contributed by atoms with E-state index in [1.165, 1.54) is 11.8 Å². The first kappa shape index (κ1) is 12.0. The minimum Gasteiger partial charge on any atom is -0.384 e. The van der Waals surface area contributed by atoms with Crippen molar-refractivity contribution in [3.05, 3.63) is 41.2 Å². The summed E-state index contributed by atoms with van der Waals surface area (Å²) in [6, 6.07) is 5.34. The van der Waals surface area contributed by atoms with Crippen molar-refractivity contribution >= 4 is 29.2 Å². The number of nitrogens with zero attached hydrogens (tertiary/aromatic N) is 2. The molecule has 0 aliphatic heterocycles. The van der Waals surface area contributed by atoms with Gasteiger partial charge < -0.3 is 5.73 Å². The SMILES string of the molecule is Cn1cc(Sc2ccc(C(=N)N)cc2Cl)cn1. The van der Waals surface area contributed by atoms with Gasteiger partial charge in [0.1, 0.15) is 5.84 Å². The zero-order valence-electron chi connectivity index (χ0n) is 9.14. The zero-order chi connectivity index (χ0) is 12.4. The molecule has 4 nitrogen and oxygen atoms in total. The summed E-state index contributed by atoms with van der Waals surface area (Å²) in [5.74, 6) is 0.0184. The topological polar surface area (TPSA) is 67.7 Å². The van der Waals surface area contributed by atoms with Gasteiger partial charge in [-0.2, -0.15) is 5.10 Å². The molecule has 0 atom stereocenters. The number of benzene rings is 1. The molecule has 17 heavy (non-hydrogen) atoms. The van der Waals surface area contributed by atoms with Crippen molar-refractivity contribution < 1.29 is 0 Å². The van der Waals surface area contributed by atoms with Crippen LogP contribution in [0, 0.1) is 5.41 Å². The summed E-state index contributed by atoms with van der Waals surface area (Å²) >= 11 is 7.66. The molecule has 0 radical (unpaired) electrons. The van der Waals surface area contributed by atoms with Gasteiger partial charge in [-0.3, -0.25) is 10.1 Å². The molecule has 1 heterocycles. The maximum Gasteiger partial charge on any atom is 0.122 e. The van der Waals surface area contributed by atoms with Crippen LogP contribution in [0.1, 0.15) is 5.56 Å². The van der Waals surface area contributed by atoms with E-state index in [2.05, 4.69) is 5.10 Å². The van der Waals surface area contributed by atoms with Crippen molar-refractivity contribution in [3.8, 4) is 0 Å². The van der Waals surface area contributed by atoms with Gasteiger partial charge in [-0.1, -0.05) is 29.4 Å². The van der Waals surface area contributed by atoms with Crippen molar-refractivity contribution in [1.82, 2.24) is 9.78 Å². The lowest BCUT2D eigenvalue weighted by molar-refractivity contribution is 0.766. The number of aryl methyl sites for hydroxylation is 1. The van der Waals surface area contributed by atoms with Gasteiger partial charge in [0.25, 0.3) is 0 Å². The number of hydrogen-bond acceptors (Lipinski definition) is 3. The molecule has 88 valence electrons. The van der Waals surface area contributed by atoms with Crippen molar-refractivity contribution in [1.29, 1.82) is 5.41 Å². The van der Waals surface area contributed by atoms with E-state index in [4.69, 9.17) is 22.7 Å². The van der Waals surface area contributed by atoms with Gasteiger partial charge in [-0.25, -0.2) is 0 Å². The second-order valence-electron chi connectivity index (χ2n) is 3.51. The van der Waals surface area contributed by atoms with E-state index in [1.807, 2.05) is 19.3 Å². The summed E-state index contributed by atoms with van der Waals surface area (Å²) < 4.78 is 1.74. The Morgan fingerprint density at radius 1 is 1.53 bits per heavy atom. The highest BCUT2D eigenvalue weighted by Crippen LogP contribution is 2.33. The quantitative estimate of drug-likeness (QED) is 0.663. The van der Waals surface area contributed by atoms with Crippen LogP contribution >= 0.6 is 23.4 Å². The fourth-order valence-electron chi connectivity index (χ4n) is 1.33.